The number of hydrogen-bond donors (Lipinski definition) is 1. The monoisotopic (exact) mass is 701 g/mol. The summed E-state index contributed by atoms with van der Waals surface area (Å²) >= 11 is 0. The van der Waals surface area contributed by atoms with Gasteiger partial charge >= 0.3 is 12.2 Å². The van der Waals surface area contributed by atoms with E-state index in [1.807, 2.05) is 27.7 Å². The van der Waals surface area contributed by atoms with E-state index >= 15 is 0 Å². The maximum atomic E-state index is 13.5. The van der Waals surface area contributed by atoms with Gasteiger partial charge in [-0.2, -0.15) is 23.5 Å². The number of nitriles is 1. The Kier molecular flexibility index (Phi) is 9.62. The molecule has 5 heterocycles. The normalized spacial score (nSPS) is 17.6. The third-order valence-electron chi connectivity index (χ3n) is 9.17. The molecule has 2 aliphatic heterocycles. The van der Waals surface area contributed by atoms with Gasteiger partial charge in [0.15, 0.2) is 0 Å². The molecule has 0 unspecified atom stereocenters. The SMILES string of the molecule is CS(C)(C)CCOCn1ccc2c(-c3cnn(C4(CC#N)CN(C5CCN(C(=O)Nc6ccc(F)cc6C(F)(F)F)CC5)C4)c3)ncnc21. The topological polar surface area (TPSA) is 117 Å². The van der Waals surface area contributed by atoms with Gasteiger partial charge in [-0.15, -0.1) is 0 Å². The van der Waals surface area contributed by atoms with Crippen molar-refractivity contribution in [2.45, 2.75) is 43.8 Å². The summed E-state index contributed by atoms with van der Waals surface area (Å²) in [4.78, 5) is 25.6. The van der Waals surface area contributed by atoms with Crippen LogP contribution >= 0.6 is 10.0 Å². The summed E-state index contributed by atoms with van der Waals surface area (Å²) in [6.07, 6.45) is 10.6. The Labute approximate surface area is 283 Å². The largest absolute Gasteiger partial charge is 0.418 e. The maximum Gasteiger partial charge on any atom is 0.418 e. The third kappa shape index (κ3) is 7.53. The number of amides is 2. The second-order valence-corrected chi connectivity index (χ2v) is 18.1. The fourth-order valence-corrected chi connectivity index (χ4v) is 7.07. The number of urea groups is 1. The fourth-order valence-electron chi connectivity index (χ4n) is 6.46. The maximum absolute atomic E-state index is 13.5. The van der Waals surface area contributed by atoms with Gasteiger partial charge in [-0.25, -0.2) is 29.2 Å². The number of ether oxygens (including phenoxy) is 1. The first-order valence-corrected chi connectivity index (χ1v) is 18.9. The van der Waals surface area contributed by atoms with Crippen molar-refractivity contribution in [3.8, 4) is 17.3 Å². The Bertz CT molecular complexity index is 1850. The summed E-state index contributed by atoms with van der Waals surface area (Å²) in [5.41, 5.74) is 0.0790. The van der Waals surface area contributed by atoms with E-state index in [4.69, 9.17) is 4.74 Å². The zero-order valence-electron chi connectivity index (χ0n) is 27.6. The van der Waals surface area contributed by atoms with Crippen LogP contribution in [-0.2, 0) is 23.2 Å². The highest BCUT2D eigenvalue weighted by atomic mass is 32.3. The zero-order chi connectivity index (χ0) is 35.0. The molecule has 0 bridgehead atoms. The van der Waals surface area contributed by atoms with Crippen molar-refractivity contribution in [2.24, 2.45) is 0 Å². The highest BCUT2D eigenvalue weighted by Gasteiger charge is 2.48. The zero-order valence-corrected chi connectivity index (χ0v) is 28.4. The predicted octanol–water partition coefficient (Wildman–Crippen LogP) is 5.74. The molecule has 16 heteroatoms. The number of likely N-dealkylation sites (tertiary alicyclic amines) is 2. The number of hydrogen-bond acceptors (Lipinski definition) is 7. The smallest absolute Gasteiger partial charge is 0.360 e. The molecule has 4 aromatic rings. The van der Waals surface area contributed by atoms with E-state index in [1.165, 1.54) is 11.2 Å². The van der Waals surface area contributed by atoms with Crippen LogP contribution in [0.5, 0.6) is 0 Å². The minimum Gasteiger partial charge on any atom is -0.360 e. The highest BCUT2D eigenvalue weighted by molar-refractivity contribution is 8.32. The summed E-state index contributed by atoms with van der Waals surface area (Å²) in [5.74, 6) is -0.00732. The molecule has 0 aliphatic carbocycles. The Hall–Kier alpha value is -4.20. The molecule has 2 saturated heterocycles. The van der Waals surface area contributed by atoms with Crippen molar-refractivity contribution >= 4 is 32.8 Å². The number of fused-ring (bicyclic) bond motifs is 1. The van der Waals surface area contributed by atoms with Crippen LogP contribution in [0.15, 0.2) is 49.2 Å². The summed E-state index contributed by atoms with van der Waals surface area (Å²) in [6, 6.07) is 5.94. The van der Waals surface area contributed by atoms with E-state index in [0.717, 1.165) is 40.2 Å². The molecule has 6 rings (SSSR count). The van der Waals surface area contributed by atoms with E-state index in [2.05, 4.69) is 50.1 Å². The molecule has 0 spiro atoms. The number of nitrogens with one attached hydrogen (secondary N) is 1. The van der Waals surface area contributed by atoms with Crippen LogP contribution < -0.4 is 5.32 Å². The van der Waals surface area contributed by atoms with Gasteiger partial charge in [-0.05, 0) is 55.9 Å². The number of anilines is 1. The molecule has 49 heavy (non-hydrogen) atoms. The standard InChI is InChI=1S/C33H39F4N9O2S/c1-49(2,3)15-14-48-22-44-13-8-26-29(39-21-40-30(26)44)23-17-41-46(18-23)32(9-10-38)19-45(20-32)25-6-11-43(12-7-25)31(47)42-28-5-4-24(34)16-27(28)33(35,36)37/h4-5,8,13,16-18,21,25H,6-7,9,11-12,14-15,19-20,22H2,1-3H3,(H,42,47). The van der Waals surface area contributed by atoms with Gasteiger partial charge in [-0.3, -0.25) is 9.58 Å². The lowest BCUT2D eigenvalue weighted by molar-refractivity contribution is -0.137. The number of rotatable bonds is 10. The second-order valence-electron chi connectivity index (χ2n) is 13.6. The fraction of sp³-hybridized carbons (Fsp3) is 0.485. The average Bonchev–Trinajstić information content (AvgIpc) is 3.69. The van der Waals surface area contributed by atoms with Crippen LogP contribution in [0.25, 0.3) is 22.3 Å². The lowest BCUT2D eigenvalue weighted by Crippen LogP contribution is -2.66. The summed E-state index contributed by atoms with van der Waals surface area (Å²) < 4.78 is 63.4. The Morgan fingerprint density at radius 2 is 1.92 bits per heavy atom. The Morgan fingerprint density at radius 1 is 1.16 bits per heavy atom. The van der Waals surface area contributed by atoms with Gasteiger partial charge in [0.1, 0.15) is 30.1 Å². The molecule has 2 fully saturated rings. The minimum atomic E-state index is -4.81. The average molecular weight is 702 g/mol. The number of aromatic nitrogens is 5. The molecule has 2 amide bonds. The van der Waals surface area contributed by atoms with Crippen LogP contribution in [0.3, 0.4) is 0 Å². The van der Waals surface area contributed by atoms with Crippen molar-refractivity contribution in [1.82, 2.24) is 34.1 Å². The Morgan fingerprint density at radius 3 is 2.61 bits per heavy atom. The highest BCUT2D eigenvalue weighted by Crippen LogP contribution is 2.39. The van der Waals surface area contributed by atoms with Gasteiger partial charge in [0, 0.05) is 61.3 Å². The number of carbonyl (C=O) groups is 1. The van der Waals surface area contributed by atoms with Crippen molar-refractivity contribution < 1.29 is 27.1 Å². The number of alkyl halides is 3. The van der Waals surface area contributed by atoms with Crippen LogP contribution in [0.1, 0.15) is 24.8 Å². The van der Waals surface area contributed by atoms with E-state index in [-0.39, 0.29) is 12.5 Å². The molecule has 0 atom stereocenters. The Balaban J connectivity index is 1.07. The minimum absolute atomic E-state index is 0.135. The summed E-state index contributed by atoms with van der Waals surface area (Å²) in [5, 5.41) is 17.6. The van der Waals surface area contributed by atoms with Gasteiger partial charge in [0.2, 0.25) is 0 Å². The van der Waals surface area contributed by atoms with Crippen LogP contribution in [0.2, 0.25) is 0 Å². The lowest BCUT2D eigenvalue weighted by Gasteiger charge is -2.53. The molecule has 1 N–H and O–H groups in total. The lowest BCUT2D eigenvalue weighted by atomic mass is 9.84. The van der Waals surface area contributed by atoms with Crippen molar-refractivity contribution in [1.29, 1.82) is 5.26 Å². The van der Waals surface area contributed by atoms with E-state index in [1.54, 1.807) is 6.20 Å². The molecule has 2 aliphatic rings. The second kappa shape index (κ2) is 13.6. The van der Waals surface area contributed by atoms with Gasteiger partial charge < -0.3 is 19.5 Å². The number of carbonyl (C=O) groups excluding carboxylic acids is 1. The first-order chi connectivity index (χ1) is 23.3. The first kappa shape index (κ1) is 34.7. The molecule has 0 saturated carbocycles. The molecule has 262 valence electrons. The van der Waals surface area contributed by atoms with Crippen LogP contribution in [-0.4, -0.2) is 103 Å². The number of halogens is 4. The van der Waals surface area contributed by atoms with E-state index in [0.29, 0.717) is 58.4 Å². The van der Waals surface area contributed by atoms with E-state index < -0.39 is 44.8 Å². The number of nitrogens with zero attached hydrogens (tertiary/aromatic N) is 8. The molecule has 11 nitrogen and oxygen atoms in total. The van der Waals surface area contributed by atoms with Crippen molar-refractivity contribution in [3.05, 3.63) is 60.6 Å². The predicted molar refractivity (Wildman–Crippen MR) is 180 cm³/mol. The summed E-state index contributed by atoms with van der Waals surface area (Å²) in [6.45, 7) is 2.95. The third-order valence-corrected chi connectivity index (χ3v) is 10.6. The van der Waals surface area contributed by atoms with Crippen molar-refractivity contribution in [2.75, 3.05) is 62.6 Å². The quantitative estimate of drug-likeness (QED) is 0.166. The molecule has 1 aromatic carbocycles. The van der Waals surface area contributed by atoms with Gasteiger partial charge in [0.05, 0.1) is 42.2 Å². The number of benzene rings is 1. The summed E-state index contributed by atoms with van der Waals surface area (Å²) in [7, 11) is -0.640. The number of piperidine rings is 1. The first-order valence-electron chi connectivity index (χ1n) is 15.9. The van der Waals surface area contributed by atoms with Gasteiger partial charge in [0.25, 0.3) is 0 Å². The van der Waals surface area contributed by atoms with Crippen molar-refractivity contribution in [3.63, 3.8) is 0 Å². The molecular formula is C33H39F4N9O2S. The van der Waals surface area contributed by atoms with E-state index in [9.17, 15) is 27.6 Å². The van der Waals surface area contributed by atoms with Crippen LogP contribution in [0.4, 0.5) is 28.0 Å². The van der Waals surface area contributed by atoms with Gasteiger partial charge in [-0.1, -0.05) is 0 Å². The van der Waals surface area contributed by atoms with Crippen LogP contribution in [0, 0.1) is 17.1 Å². The molecular weight excluding hydrogens is 662 g/mol. The molecule has 3 aromatic heterocycles. The molecule has 0 radical (unpaired) electrons.